The number of benzene rings is 2. The molecule has 152 valence electrons. The van der Waals surface area contributed by atoms with E-state index in [4.69, 9.17) is 14.2 Å². The molecule has 0 bridgehead atoms. The van der Waals surface area contributed by atoms with Gasteiger partial charge in [0.05, 0.1) is 26.9 Å². The van der Waals surface area contributed by atoms with Crippen molar-refractivity contribution in [3.63, 3.8) is 0 Å². The van der Waals surface area contributed by atoms with E-state index in [0.29, 0.717) is 24.7 Å². The molecule has 0 saturated carbocycles. The molecule has 28 heavy (non-hydrogen) atoms. The summed E-state index contributed by atoms with van der Waals surface area (Å²) < 4.78 is 16.5. The minimum Gasteiger partial charge on any atom is -0.496 e. The quantitative estimate of drug-likeness (QED) is 0.694. The number of hydrogen-bond acceptors (Lipinski definition) is 4. The van der Waals surface area contributed by atoms with E-state index < -0.39 is 0 Å². The van der Waals surface area contributed by atoms with Crippen LogP contribution in [0.2, 0.25) is 0 Å². The molecule has 1 N–H and O–H groups in total. The van der Waals surface area contributed by atoms with Gasteiger partial charge in [-0.2, -0.15) is 0 Å². The van der Waals surface area contributed by atoms with E-state index >= 15 is 0 Å². The number of para-hydroxylation sites is 1. The highest BCUT2D eigenvalue weighted by atomic mass is 16.5. The van der Waals surface area contributed by atoms with E-state index in [0.717, 1.165) is 23.3 Å². The predicted octanol–water partition coefficient (Wildman–Crippen LogP) is 4.40. The Bertz CT molecular complexity index is 779. The minimum atomic E-state index is -0.163. The topological polar surface area (TPSA) is 60.0 Å². The first-order valence-electron chi connectivity index (χ1n) is 9.45. The molecule has 2 amide bonds. The number of ether oxygens (including phenoxy) is 3. The highest BCUT2D eigenvalue weighted by Gasteiger charge is 2.20. The summed E-state index contributed by atoms with van der Waals surface area (Å²) in [5.74, 6) is 2.14. The molecule has 2 rings (SSSR count). The van der Waals surface area contributed by atoms with Crippen LogP contribution in [0, 0.1) is 0 Å². The van der Waals surface area contributed by atoms with E-state index in [1.54, 1.807) is 26.2 Å². The lowest BCUT2D eigenvalue weighted by Gasteiger charge is -2.26. The second-order valence-corrected chi connectivity index (χ2v) is 6.52. The first kappa shape index (κ1) is 21.4. The Balaban J connectivity index is 2.01. The molecule has 0 aromatic heterocycles. The van der Waals surface area contributed by atoms with Gasteiger partial charge >= 0.3 is 6.03 Å². The van der Waals surface area contributed by atoms with Crippen LogP contribution < -0.4 is 19.5 Å². The van der Waals surface area contributed by atoms with Crippen LogP contribution in [0.15, 0.2) is 42.5 Å². The van der Waals surface area contributed by atoms with Crippen LogP contribution in [0.4, 0.5) is 4.79 Å². The third-order valence-corrected chi connectivity index (χ3v) is 4.62. The SMILES string of the molecule is CCCOc1ccc(CNC(=O)N(C)C(C)c2ccccc2OC)cc1OC. The van der Waals surface area contributed by atoms with Gasteiger partial charge in [-0.15, -0.1) is 0 Å². The predicted molar refractivity (Wildman–Crippen MR) is 110 cm³/mol. The first-order chi connectivity index (χ1) is 13.5. The van der Waals surface area contributed by atoms with Gasteiger partial charge in [0.25, 0.3) is 0 Å². The van der Waals surface area contributed by atoms with Crippen LogP contribution in [0.1, 0.15) is 37.4 Å². The summed E-state index contributed by atoms with van der Waals surface area (Å²) in [6.45, 7) is 5.06. The third kappa shape index (κ3) is 5.31. The summed E-state index contributed by atoms with van der Waals surface area (Å²) in [6, 6.07) is 13.1. The molecule has 0 aliphatic heterocycles. The summed E-state index contributed by atoms with van der Waals surface area (Å²) in [5, 5.41) is 2.95. The van der Waals surface area contributed by atoms with E-state index in [9.17, 15) is 4.79 Å². The Morgan fingerprint density at radius 1 is 1.07 bits per heavy atom. The molecule has 1 unspecified atom stereocenters. The van der Waals surface area contributed by atoms with Crippen LogP contribution in [0.25, 0.3) is 0 Å². The normalized spacial score (nSPS) is 11.5. The maximum atomic E-state index is 12.6. The monoisotopic (exact) mass is 386 g/mol. The average molecular weight is 386 g/mol. The van der Waals surface area contributed by atoms with Gasteiger partial charge in [0.1, 0.15) is 5.75 Å². The van der Waals surface area contributed by atoms with Crippen LogP contribution in [0.5, 0.6) is 17.2 Å². The molecule has 2 aromatic rings. The molecule has 1 atom stereocenters. The summed E-state index contributed by atoms with van der Waals surface area (Å²) in [7, 11) is 5.01. The largest absolute Gasteiger partial charge is 0.496 e. The fourth-order valence-corrected chi connectivity index (χ4v) is 2.85. The Morgan fingerprint density at radius 3 is 2.46 bits per heavy atom. The van der Waals surface area contributed by atoms with E-state index in [1.165, 1.54) is 0 Å². The second-order valence-electron chi connectivity index (χ2n) is 6.52. The standard InChI is InChI=1S/C22H30N2O4/c1-6-13-28-20-12-11-17(14-21(20)27-5)15-23-22(25)24(3)16(2)18-9-7-8-10-19(18)26-4/h7-12,14,16H,6,13,15H2,1-5H3,(H,23,25). The van der Waals surface area contributed by atoms with Gasteiger partial charge in [-0.05, 0) is 37.1 Å². The van der Waals surface area contributed by atoms with Crippen molar-refractivity contribution in [2.75, 3.05) is 27.9 Å². The van der Waals surface area contributed by atoms with Crippen molar-refractivity contribution in [2.24, 2.45) is 0 Å². The number of carbonyl (C=O) groups excluding carboxylic acids is 1. The smallest absolute Gasteiger partial charge is 0.317 e. The van der Waals surface area contributed by atoms with E-state index in [2.05, 4.69) is 12.2 Å². The lowest BCUT2D eigenvalue weighted by molar-refractivity contribution is 0.193. The highest BCUT2D eigenvalue weighted by Crippen LogP contribution is 2.29. The molecule has 0 heterocycles. The minimum absolute atomic E-state index is 0.129. The van der Waals surface area contributed by atoms with Gasteiger partial charge in [0.2, 0.25) is 0 Å². The van der Waals surface area contributed by atoms with Crippen molar-refractivity contribution in [1.29, 1.82) is 0 Å². The van der Waals surface area contributed by atoms with Gasteiger partial charge in [-0.25, -0.2) is 4.79 Å². The summed E-state index contributed by atoms with van der Waals surface area (Å²) in [4.78, 5) is 14.3. The molecule has 2 aromatic carbocycles. The van der Waals surface area contributed by atoms with Gasteiger partial charge in [0, 0.05) is 19.2 Å². The van der Waals surface area contributed by atoms with Crippen LogP contribution in [-0.2, 0) is 6.54 Å². The Kier molecular flexibility index (Phi) is 7.99. The summed E-state index contributed by atoms with van der Waals surface area (Å²) >= 11 is 0. The zero-order valence-corrected chi connectivity index (χ0v) is 17.3. The van der Waals surface area contributed by atoms with Crippen molar-refractivity contribution in [3.05, 3.63) is 53.6 Å². The van der Waals surface area contributed by atoms with Crippen molar-refractivity contribution in [2.45, 2.75) is 32.9 Å². The lowest BCUT2D eigenvalue weighted by atomic mass is 10.1. The molecule has 0 radical (unpaired) electrons. The molecular weight excluding hydrogens is 356 g/mol. The third-order valence-electron chi connectivity index (χ3n) is 4.62. The van der Waals surface area contributed by atoms with Crippen molar-refractivity contribution >= 4 is 6.03 Å². The number of carbonyl (C=O) groups is 1. The number of nitrogens with one attached hydrogen (secondary N) is 1. The average Bonchev–Trinajstić information content (AvgIpc) is 2.74. The zero-order chi connectivity index (χ0) is 20.5. The molecule has 6 nitrogen and oxygen atoms in total. The maximum absolute atomic E-state index is 12.6. The van der Waals surface area contributed by atoms with Crippen molar-refractivity contribution in [3.8, 4) is 17.2 Å². The van der Waals surface area contributed by atoms with Gasteiger partial charge in [-0.3, -0.25) is 0 Å². The van der Waals surface area contributed by atoms with Crippen LogP contribution in [-0.4, -0.2) is 38.8 Å². The van der Waals surface area contributed by atoms with Gasteiger partial charge in [-0.1, -0.05) is 31.2 Å². The molecular formula is C22H30N2O4. The van der Waals surface area contributed by atoms with Gasteiger partial charge < -0.3 is 24.4 Å². The second kappa shape index (κ2) is 10.4. The molecule has 0 spiro atoms. The first-order valence-corrected chi connectivity index (χ1v) is 9.45. The van der Waals surface area contributed by atoms with Crippen molar-refractivity contribution in [1.82, 2.24) is 10.2 Å². The number of amides is 2. The fourth-order valence-electron chi connectivity index (χ4n) is 2.85. The molecule has 0 aliphatic carbocycles. The maximum Gasteiger partial charge on any atom is 0.317 e. The van der Waals surface area contributed by atoms with Crippen LogP contribution in [0.3, 0.4) is 0 Å². The number of nitrogens with zero attached hydrogens (tertiary/aromatic N) is 1. The van der Waals surface area contributed by atoms with E-state index in [1.807, 2.05) is 49.4 Å². The molecule has 0 aliphatic rings. The Morgan fingerprint density at radius 2 is 1.79 bits per heavy atom. The zero-order valence-electron chi connectivity index (χ0n) is 17.3. The number of rotatable bonds is 9. The van der Waals surface area contributed by atoms with Gasteiger partial charge in [0.15, 0.2) is 11.5 Å². The number of methoxy groups -OCH3 is 2. The summed E-state index contributed by atoms with van der Waals surface area (Å²) in [5.41, 5.74) is 1.90. The number of urea groups is 1. The Hall–Kier alpha value is -2.89. The number of hydrogen-bond donors (Lipinski definition) is 1. The van der Waals surface area contributed by atoms with E-state index in [-0.39, 0.29) is 12.1 Å². The molecule has 0 saturated heterocycles. The molecule has 0 fully saturated rings. The van der Waals surface area contributed by atoms with Crippen molar-refractivity contribution < 1.29 is 19.0 Å². The molecule has 6 heteroatoms. The Labute approximate surface area is 167 Å². The highest BCUT2D eigenvalue weighted by molar-refractivity contribution is 5.74. The van der Waals surface area contributed by atoms with Crippen LogP contribution >= 0.6 is 0 Å². The summed E-state index contributed by atoms with van der Waals surface area (Å²) in [6.07, 6.45) is 0.928. The fraction of sp³-hybridized carbons (Fsp3) is 0.409. The lowest BCUT2D eigenvalue weighted by Crippen LogP contribution is -2.38.